The SMILES string of the molecule is CNC(=O)CCCOc1cccc(N)c1C(=O)O. The molecular weight excluding hydrogens is 236 g/mol. The molecule has 0 aromatic heterocycles. The summed E-state index contributed by atoms with van der Waals surface area (Å²) in [5.41, 5.74) is 5.69. The maximum atomic E-state index is 11.0. The fourth-order valence-corrected chi connectivity index (χ4v) is 1.44. The zero-order valence-electron chi connectivity index (χ0n) is 10.1. The van der Waals surface area contributed by atoms with Gasteiger partial charge in [-0.1, -0.05) is 6.07 Å². The maximum Gasteiger partial charge on any atom is 0.341 e. The molecule has 0 radical (unpaired) electrons. The lowest BCUT2D eigenvalue weighted by molar-refractivity contribution is -0.120. The largest absolute Gasteiger partial charge is 0.493 e. The second-order valence-corrected chi connectivity index (χ2v) is 3.65. The number of carboxylic acids is 1. The molecule has 0 aliphatic rings. The zero-order chi connectivity index (χ0) is 13.5. The smallest absolute Gasteiger partial charge is 0.341 e. The summed E-state index contributed by atoms with van der Waals surface area (Å²) in [7, 11) is 1.56. The van der Waals surface area contributed by atoms with Gasteiger partial charge in [-0.2, -0.15) is 0 Å². The van der Waals surface area contributed by atoms with E-state index in [4.69, 9.17) is 15.6 Å². The van der Waals surface area contributed by atoms with Crippen molar-refractivity contribution in [3.8, 4) is 5.75 Å². The molecule has 0 saturated heterocycles. The molecular formula is C12H16N2O4. The summed E-state index contributed by atoms with van der Waals surface area (Å²) in [5, 5.41) is 11.5. The van der Waals surface area contributed by atoms with Crippen molar-refractivity contribution in [1.29, 1.82) is 0 Å². The minimum absolute atomic E-state index is 0.0440. The van der Waals surface area contributed by atoms with Crippen molar-refractivity contribution in [3.63, 3.8) is 0 Å². The van der Waals surface area contributed by atoms with E-state index in [-0.39, 0.29) is 29.5 Å². The fourth-order valence-electron chi connectivity index (χ4n) is 1.44. The lowest BCUT2D eigenvalue weighted by atomic mass is 10.1. The summed E-state index contributed by atoms with van der Waals surface area (Å²) in [6, 6.07) is 4.66. The van der Waals surface area contributed by atoms with Crippen LogP contribution in [0.15, 0.2) is 18.2 Å². The third kappa shape index (κ3) is 3.65. The third-order valence-electron chi connectivity index (χ3n) is 2.36. The molecule has 0 saturated carbocycles. The predicted molar refractivity (Wildman–Crippen MR) is 66.6 cm³/mol. The van der Waals surface area contributed by atoms with Gasteiger partial charge in [-0.15, -0.1) is 0 Å². The van der Waals surface area contributed by atoms with Crippen LogP contribution in [0, 0.1) is 0 Å². The van der Waals surface area contributed by atoms with Crippen LogP contribution in [0.4, 0.5) is 5.69 Å². The Kier molecular flexibility index (Phi) is 4.98. The quantitative estimate of drug-likeness (QED) is 0.515. The molecule has 0 spiro atoms. The lowest BCUT2D eigenvalue weighted by Crippen LogP contribution is -2.18. The summed E-state index contributed by atoms with van der Waals surface area (Å²) < 4.78 is 5.33. The first-order chi connectivity index (χ1) is 8.56. The van der Waals surface area contributed by atoms with E-state index in [0.717, 1.165) is 0 Å². The predicted octanol–water partition coefficient (Wildman–Crippen LogP) is 0.872. The van der Waals surface area contributed by atoms with E-state index in [1.165, 1.54) is 6.07 Å². The maximum absolute atomic E-state index is 11.0. The number of carbonyl (C=O) groups excluding carboxylic acids is 1. The van der Waals surface area contributed by atoms with Gasteiger partial charge in [0.25, 0.3) is 0 Å². The van der Waals surface area contributed by atoms with Gasteiger partial charge in [0.1, 0.15) is 11.3 Å². The minimum Gasteiger partial charge on any atom is -0.493 e. The van der Waals surface area contributed by atoms with Gasteiger partial charge in [-0.3, -0.25) is 4.79 Å². The van der Waals surface area contributed by atoms with E-state index in [1.54, 1.807) is 19.2 Å². The van der Waals surface area contributed by atoms with Crippen LogP contribution >= 0.6 is 0 Å². The van der Waals surface area contributed by atoms with Gasteiger partial charge < -0.3 is 20.9 Å². The number of hydrogen-bond acceptors (Lipinski definition) is 4. The number of benzene rings is 1. The topological polar surface area (TPSA) is 102 Å². The molecule has 0 aliphatic heterocycles. The van der Waals surface area contributed by atoms with Crippen molar-refractivity contribution < 1.29 is 19.4 Å². The number of carbonyl (C=O) groups is 2. The van der Waals surface area contributed by atoms with E-state index in [0.29, 0.717) is 12.8 Å². The fraction of sp³-hybridized carbons (Fsp3) is 0.333. The van der Waals surface area contributed by atoms with Crippen LogP contribution in [0.2, 0.25) is 0 Å². The molecule has 0 atom stereocenters. The third-order valence-corrected chi connectivity index (χ3v) is 2.36. The number of carboxylic acid groups (broad SMARTS) is 1. The van der Waals surface area contributed by atoms with Crippen LogP contribution in [0.1, 0.15) is 23.2 Å². The Labute approximate surface area is 105 Å². The Hall–Kier alpha value is -2.24. The molecule has 98 valence electrons. The molecule has 0 heterocycles. The number of rotatable bonds is 6. The molecule has 6 nitrogen and oxygen atoms in total. The van der Waals surface area contributed by atoms with Crippen LogP contribution < -0.4 is 15.8 Å². The average molecular weight is 252 g/mol. The molecule has 6 heteroatoms. The highest BCUT2D eigenvalue weighted by Gasteiger charge is 2.14. The first-order valence-electron chi connectivity index (χ1n) is 5.51. The molecule has 1 rings (SSSR count). The second kappa shape index (κ2) is 6.48. The standard InChI is InChI=1S/C12H16N2O4/c1-14-10(15)6-3-7-18-9-5-2-4-8(13)11(9)12(16)17/h2,4-5H,3,6-7,13H2,1H3,(H,14,15)(H,16,17). The zero-order valence-corrected chi connectivity index (χ0v) is 10.1. The number of amides is 1. The summed E-state index contributed by atoms with van der Waals surface area (Å²) >= 11 is 0. The highest BCUT2D eigenvalue weighted by atomic mass is 16.5. The van der Waals surface area contributed by atoms with Crippen molar-refractivity contribution >= 4 is 17.6 Å². The van der Waals surface area contributed by atoms with Crippen LogP contribution in [0.25, 0.3) is 0 Å². The highest BCUT2D eigenvalue weighted by Crippen LogP contribution is 2.24. The first-order valence-corrected chi connectivity index (χ1v) is 5.51. The van der Waals surface area contributed by atoms with Crippen molar-refractivity contribution in [2.24, 2.45) is 0 Å². The molecule has 1 aromatic rings. The normalized spacial score (nSPS) is 9.83. The van der Waals surface area contributed by atoms with E-state index in [2.05, 4.69) is 5.32 Å². The minimum atomic E-state index is -1.13. The van der Waals surface area contributed by atoms with Gasteiger partial charge in [-0.25, -0.2) is 4.79 Å². The Bertz CT molecular complexity index is 446. The molecule has 4 N–H and O–H groups in total. The number of nitrogens with one attached hydrogen (secondary N) is 1. The average Bonchev–Trinajstić information content (AvgIpc) is 2.33. The monoisotopic (exact) mass is 252 g/mol. The second-order valence-electron chi connectivity index (χ2n) is 3.65. The lowest BCUT2D eigenvalue weighted by Gasteiger charge is -2.10. The molecule has 18 heavy (non-hydrogen) atoms. The van der Waals surface area contributed by atoms with Crippen molar-refractivity contribution in [2.75, 3.05) is 19.4 Å². The molecule has 0 bridgehead atoms. The number of anilines is 1. The summed E-state index contributed by atoms with van der Waals surface area (Å²) in [6.07, 6.45) is 0.842. The number of aromatic carboxylic acids is 1. The molecule has 1 amide bonds. The Morgan fingerprint density at radius 2 is 2.17 bits per heavy atom. The number of hydrogen-bond donors (Lipinski definition) is 3. The van der Waals surface area contributed by atoms with E-state index < -0.39 is 5.97 Å². The Morgan fingerprint density at radius 3 is 2.78 bits per heavy atom. The van der Waals surface area contributed by atoms with Gasteiger partial charge in [0, 0.05) is 19.2 Å². The van der Waals surface area contributed by atoms with Crippen LogP contribution in [-0.4, -0.2) is 30.6 Å². The van der Waals surface area contributed by atoms with E-state index in [1.807, 2.05) is 0 Å². The summed E-state index contributed by atoms with van der Waals surface area (Å²) in [6.45, 7) is 0.261. The van der Waals surface area contributed by atoms with Gasteiger partial charge >= 0.3 is 5.97 Å². The summed E-state index contributed by atoms with van der Waals surface area (Å²) in [4.78, 5) is 22.0. The molecule has 0 unspecified atom stereocenters. The van der Waals surface area contributed by atoms with E-state index in [9.17, 15) is 9.59 Å². The van der Waals surface area contributed by atoms with Crippen LogP contribution in [0.5, 0.6) is 5.75 Å². The number of nitrogen functional groups attached to an aromatic ring is 1. The first kappa shape index (κ1) is 13.8. The van der Waals surface area contributed by atoms with Gasteiger partial charge in [0.15, 0.2) is 0 Å². The number of nitrogens with two attached hydrogens (primary N) is 1. The van der Waals surface area contributed by atoms with Crippen molar-refractivity contribution in [1.82, 2.24) is 5.32 Å². The van der Waals surface area contributed by atoms with Crippen LogP contribution in [0.3, 0.4) is 0 Å². The Balaban J connectivity index is 2.60. The molecule has 0 aliphatic carbocycles. The van der Waals surface area contributed by atoms with E-state index >= 15 is 0 Å². The van der Waals surface area contributed by atoms with Crippen molar-refractivity contribution in [3.05, 3.63) is 23.8 Å². The Morgan fingerprint density at radius 1 is 1.44 bits per heavy atom. The van der Waals surface area contributed by atoms with Crippen molar-refractivity contribution in [2.45, 2.75) is 12.8 Å². The molecule has 0 fully saturated rings. The summed E-state index contributed by atoms with van der Waals surface area (Å²) in [5.74, 6) is -0.988. The van der Waals surface area contributed by atoms with Crippen LogP contribution in [-0.2, 0) is 4.79 Å². The van der Waals surface area contributed by atoms with Gasteiger partial charge in [0.2, 0.25) is 5.91 Å². The number of ether oxygens (including phenoxy) is 1. The van der Waals surface area contributed by atoms with Gasteiger partial charge in [0.05, 0.1) is 6.61 Å². The van der Waals surface area contributed by atoms with Gasteiger partial charge in [-0.05, 0) is 18.6 Å². The highest BCUT2D eigenvalue weighted by molar-refractivity contribution is 5.96. The molecule has 1 aromatic carbocycles.